The molecule has 0 aliphatic heterocycles. The first-order valence-corrected chi connectivity index (χ1v) is 7.49. The van der Waals surface area contributed by atoms with Crippen molar-refractivity contribution in [3.8, 4) is 0 Å². The van der Waals surface area contributed by atoms with E-state index in [1.807, 2.05) is 30.3 Å². The van der Waals surface area contributed by atoms with Gasteiger partial charge in [-0.05, 0) is 32.3 Å². The number of nitrogens with zero attached hydrogens (tertiary/aromatic N) is 1. The first-order valence-electron chi connectivity index (χ1n) is 7.49. The zero-order valence-corrected chi connectivity index (χ0v) is 13.2. The Hall–Kier alpha value is -2.01. The predicted octanol–water partition coefficient (Wildman–Crippen LogP) is 1.90. The summed E-state index contributed by atoms with van der Waals surface area (Å²) in [7, 11) is 0. The Labute approximate surface area is 131 Å². The lowest BCUT2D eigenvalue weighted by atomic mass is 9.95. The van der Waals surface area contributed by atoms with Crippen LogP contribution in [0.1, 0.15) is 38.7 Å². The Bertz CT molecular complexity index is 514. The second kappa shape index (κ2) is 9.10. The second-order valence-electron chi connectivity index (χ2n) is 5.61. The number of ketones is 2. The fourth-order valence-corrected chi connectivity index (χ4v) is 2.28. The summed E-state index contributed by atoms with van der Waals surface area (Å²) in [6.45, 7) is 3.31. The van der Waals surface area contributed by atoms with Crippen LogP contribution in [0.2, 0.25) is 0 Å². The van der Waals surface area contributed by atoms with Crippen molar-refractivity contribution >= 4 is 17.5 Å². The second-order valence-corrected chi connectivity index (χ2v) is 5.61. The minimum atomic E-state index is -0.512. The lowest BCUT2D eigenvalue weighted by molar-refractivity contribution is -0.138. The summed E-state index contributed by atoms with van der Waals surface area (Å²) < 4.78 is 0. The van der Waals surface area contributed by atoms with Crippen LogP contribution in [-0.4, -0.2) is 29.0 Å². The Balaban J connectivity index is 2.58. The number of Topliss-reactive ketones (excluding diaryl/α,β-unsaturated/α-hetero) is 2. The Morgan fingerprint density at radius 2 is 1.73 bits per heavy atom. The lowest BCUT2D eigenvalue weighted by Gasteiger charge is -2.22. The maximum absolute atomic E-state index is 12.3. The fraction of sp³-hybridized carbons (Fsp3) is 0.471. The molecule has 0 aliphatic rings. The molecule has 0 saturated heterocycles. The topological polar surface area (TPSA) is 80.5 Å². The van der Waals surface area contributed by atoms with E-state index in [0.29, 0.717) is 19.4 Å². The summed E-state index contributed by atoms with van der Waals surface area (Å²) >= 11 is 0. The van der Waals surface area contributed by atoms with Crippen LogP contribution in [-0.2, 0) is 20.8 Å². The van der Waals surface area contributed by atoms with Crippen LogP contribution in [0.15, 0.2) is 30.3 Å². The van der Waals surface area contributed by atoms with Gasteiger partial charge < -0.3 is 9.59 Å². The predicted molar refractivity (Wildman–Crippen MR) is 84.7 cm³/mol. The van der Waals surface area contributed by atoms with Crippen molar-refractivity contribution in [3.63, 3.8) is 0 Å². The van der Waals surface area contributed by atoms with Crippen LogP contribution in [0, 0.1) is 5.92 Å². The van der Waals surface area contributed by atoms with E-state index in [-0.39, 0.29) is 30.3 Å². The summed E-state index contributed by atoms with van der Waals surface area (Å²) in [4.78, 5) is 34.8. The van der Waals surface area contributed by atoms with Gasteiger partial charge in [-0.2, -0.15) is 0 Å². The van der Waals surface area contributed by atoms with Crippen molar-refractivity contribution in [2.24, 2.45) is 11.8 Å². The molecule has 0 aliphatic carbocycles. The molecule has 22 heavy (non-hydrogen) atoms. The first kappa shape index (κ1) is 18.0. The largest absolute Gasteiger partial charge is 0.300 e. The van der Waals surface area contributed by atoms with Crippen LogP contribution < -0.4 is 5.84 Å². The molecule has 0 saturated carbocycles. The van der Waals surface area contributed by atoms with E-state index in [1.54, 1.807) is 0 Å². The molecule has 1 amide bonds. The molecule has 0 radical (unpaired) electrons. The minimum Gasteiger partial charge on any atom is -0.300 e. The molecule has 1 rings (SSSR count). The molecular weight excluding hydrogens is 280 g/mol. The van der Waals surface area contributed by atoms with E-state index in [4.69, 9.17) is 5.84 Å². The van der Waals surface area contributed by atoms with Gasteiger partial charge in [0, 0.05) is 25.3 Å². The van der Waals surface area contributed by atoms with E-state index in [0.717, 1.165) is 5.56 Å². The molecule has 0 heterocycles. The third-order valence-corrected chi connectivity index (χ3v) is 3.50. The van der Waals surface area contributed by atoms with E-state index in [1.165, 1.54) is 18.9 Å². The van der Waals surface area contributed by atoms with Crippen LogP contribution in [0.5, 0.6) is 0 Å². The summed E-state index contributed by atoms with van der Waals surface area (Å²) in [6.07, 6.45) is 1.44. The number of carbonyl (C=O) groups excluding carboxylic acids is 3. The van der Waals surface area contributed by atoms with Crippen LogP contribution in [0.3, 0.4) is 0 Å². The van der Waals surface area contributed by atoms with Gasteiger partial charge in [0.2, 0.25) is 5.91 Å². The molecule has 5 heteroatoms. The van der Waals surface area contributed by atoms with Gasteiger partial charge in [0.15, 0.2) is 0 Å². The van der Waals surface area contributed by atoms with Gasteiger partial charge >= 0.3 is 0 Å². The number of hydrogen-bond acceptors (Lipinski definition) is 4. The van der Waals surface area contributed by atoms with Crippen molar-refractivity contribution < 1.29 is 14.4 Å². The average Bonchev–Trinajstić information content (AvgIpc) is 2.48. The number of hydrazine groups is 1. The first-order chi connectivity index (χ1) is 10.4. The number of rotatable bonds is 9. The standard InChI is InChI=1S/C17H24N2O3/c1-13(20)8-9-16(12-14(2)21)17(22)19(18)11-10-15-6-4-3-5-7-15/h3-7,16H,8-12,18H2,1-2H3/t16-/m0/s1. The van der Waals surface area contributed by atoms with Crippen LogP contribution in [0.25, 0.3) is 0 Å². The monoisotopic (exact) mass is 304 g/mol. The SMILES string of the molecule is CC(=O)CC[C@@H](CC(C)=O)C(=O)N(N)CCc1ccccc1. The Kier molecular flexibility index (Phi) is 7.46. The maximum atomic E-state index is 12.3. The van der Waals surface area contributed by atoms with E-state index in [2.05, 4.69) is 0 Å². The maximum Gasteiger partial charge on any atom is 0.240 e. The smallest absolute Gasteiger partial charge is 0.240 e. The van der Waals surface area contributed by atoms with Crippen LogP contribution in [0.4, 0.5) is 0 Å². The molecule has 120 valence electrons. The van der Waals surface area contributed by atoms with Gasteiger partial charge in [0.05, 0.1) is 0 Å². The van der Waals surface area contributed by atoms with Gasteiger partial charge in [-0.3, -0.25) is 9.80 Å². The zero-order chi connectivity index (χ0) is 16.5. The van der Waals surface area contributed by atoms with Crippen molar-refractivity contribution in [1.82, 2.24) is 5.01 Å². The van der Waals surface area contributed by atoms with E-state index >= 15 is 0 Å². The number of benzene rings is 1. The van der Waals surface area contributed by atoms with Crippen molar-refractivity contribution in [2.45, 2.75) is 39.5 Å². The Morgan fingerprint density at radius 1 is 1.09 bits per heavy atom. The lowest BCUT2D eigenvalue weighted by Crippen LogP contribution is -2.43. The number of hydrogen-bond donors (Lipinski definition) is 1. The third kappa shape index (κ3) is 6.63. The highest BCUT2D eigenvalue weighted by Gasteiger charge is 2.24. The molecule has 0 fully saturated rings. The summed E-state index contributed by atoms with van der Waals surface area (Å²) in [5.74, 6) is 4.99. The highest BCUT2D eigenvalue weighted by Crippen LogP contribution is 2.15. The number of carbonyl (C=O) groups is 3. The van der Waals surface area contributed by atoms with E-state index in [9.17, 15) is 14.4 Å². The minimum absolute atomic E-state index is 0.00853. The van der Waals surface area contributed by atoms with E-state index < -0.39 is 5.92 Å². The van der Waals surface area contributed by atoms with Crippen molar-refractivity contribution in [2.75, 3.05) is 6.54 Å². The van der Waals surface area contributed by atoms with Crippen molar-refractivity contribution in [3.05, 3.63) is 35.9 Å². The zero-order valence-electron chi connectivity index (χ0n) is 13.2. The molecule has 1 aromatic carbocycles. The third-order valence-electron chi connectivity index (χ3n) is 3.50. The number of amides is 1. The van der Waals surface area contributed by atoms with Crippen molar-refractivity contribution in [1.29, 1.82) is 0 Å². The molecule has 1 aromatic rings. The molecular formula is C17H24N2O3. The van der Waals surface area contributed by atoms with Gasteiger partial charge in [-0.25, -0.2) is 5.84 Å². The average molecular weight is 304 g/mol. The molecule has 0 bridgehead atoms. The van der Waals surface area contributed by atoms with Gasteiger partial charge in [-0.15, -0.1) is 0 Å². The molecule has 1 atom stereocenters. The van der Waals surface area contributed by atoms with Crippen LogP contribution >= 0.6 is 0 Å². The molecule has 0 unspecified atom stereocenters. The van der Waals surface area contributed by atoms with Gasteiger partial charge in [-0.1, -0.05) is 30.3 Å². The molecule has 0 spiro atoms. The molecule has 0 aromatic heterocycles. The fourth-order valence-electron chi connectivity index (χ4n) is 2.28. The quantitative estimate of drug-likeness (QED) is 0.429. The normalized spacial score (nSPS) is 11.8. The summed E-state index contributed by atoms with van der Waals surface area (Å²) in [5.41, 5.74) is 1.10. The summed E-state index contributed by atoms with van der Waals surface area (Å²) in [6, 6.07) is 9.74. The number of nitrogens with two attached hydrogens (primary N) is 1. The van der Waals surface area contributed by atoms with Gasteiger partial charge in [0.1, 0.15) is 11.6 Å². The molecule has 2 N–H and O–H groups in total. The van der Waals surface area contributed by atoms with Gasteiger partial charge in [0.25, 0.3) is 0 Å². The Morgan fingerprint density at radius 3 is 2.27 bits per heavy atom. The molecule has 5 nitrogen and oxygen atoms in total. The highest BCUT2D eigenvalue weighted by atomic mass is 16.2. The highest BCUT2D eigenvalue weighted by molar-refractivity contribution is 5.86. The summed E-state index contributed by atoms with van der Waals surface area (Å²) in [5, 5.41) is 1.17.